The molecule has 1 unspecified atom stereocenters. The maximum atomic E-state index is 6.59. The maximum Gasteiger partial charge on any atom is 0.122 e. The van der Waals surface area contributed by atoms with Crippen molar-refractivity contribution in [1.82, 2.24) is 0 Å². The summed E-state index contributed by atoms with van der Waals surface area (Å²) in [6.07, 6.45) is 2.14. The summed E-state index contributed by atoms with van der Waals surface area (Å²) >= 11 is 6.59. The van der Waals surface area contributed by atoms with Gasteiger partial charge in [0.05, 0.1) is 12.0 Å². The van der Waals surface area contributed by atoms with E-state index in [1.54, 1.807) is 0 Å². The Morgan fingerprint density at radius 3 is 2.79 bits per heavy atom. The minimum atomic E-state index is -0.162. The van der Waals surface area contributed by atoms with E-state index in [4.69, 9.17) is 20.8 Å². The Balaban J connectivity index is 1.95. The van der Waals surface area contributed by atoms with Crippen LogP contribution in [0.4, 0.5) is 0 Å². The van der Waals surface area contributed by atoms with Crippen LogP contribution >= 0.6 is 11.6 Å². The first kappa shape index (κ1) is 12.6. The molecule has 2 aromatic rings. The van der Waals surface area contributed by atoms with Crippen LogP contribution in [0, 0.1) is 13.8 Å². The van der Waals surface area contributed by atoms with Crippen LogP contribution in [0.25, 0.3) is 0 Å². The van der Waals surface area contributed by atoms with Crippen LogP contribution in [0.2, 0.25) is 0 Å². The maximum absolute atomic E-state index is 6.59. The van der Waals surface area contributed by atoms with Crippen molar-refractivity contribution in [3.8, 4) is 5.75 Å². The quantitative estimate of drug-likeness (QED) is 0.751. The van der Waals surface area contributed by atoms with E-state index in [1.165, 1.54) is 5.56 Å². The SMILES string of the molecule is Cc1cc(C(Cl)c2ccc3c(c2)CCCO3)c(C)o1. The van der Waals surface area contributed by atoms with Gasteiger partial charge in [0.15, 0.2) is 0 Å². The molecule has 100 valence electrons. The fraction of sp³-hybridized carbons (Fsp3) is 0.375. The van der Waals surface area contributed by atoms with Gasteiger partial charge in [-0.25, -0.2) is 0 Å². The lowest BCUT2D eigenvalue weighted by molar-refractivity contribution is 0.288. The fourth-order valence-corrected chi connectivity index (χ4v) is 2.97. The van der Waals surface area contributed by atoms with Crippen molar-refractivity contribution in [2.24, 2.45) is 0 Å². The van der Waals surface area contributed by atoms with E-state index in [-0.39, 0.29) is 5.38 Å². The highest BCUT2D eigenvalue weighted by atomic mass is 35.5. The standard InChI is InChI=1S/C16H17ClO2/c1-10-8-14(11(2)19-10)16(17)13-5-6-15-12(9-13)4-3-7-18-15/h5-6,8-9,16H,3-4,7H2,1-2H3. The van der Waals surface area contributed by atoms with Gasteiger partial charge in [0, 0.05) is 5.56 Å². The third kappa shape index (κ3) is 2.37. The molecule has 1 aliphatic heterocycles. The van der Waals surface area contributed by atoms with Gasteiger partial charge in [-0.2, -0.15) is 0 Å². The second kappa shape index (κ2) is 4.93. The summed E-state index contributed by atoms with van der Waals surface area (Å²) < 4.78 is 11.2. The highest BCUT2D eigenvalue weighted by molar-refractivity contribution is 6.22. The molecule has 0 spiro atoms. The van der Waals surface area contributed by atoms with Crippen LogP contribution < -0.4 is 4.74 Å². The average Bonchev–Trinajstić information content (AvgIpc) is 2.76. The number of hydrogen-bond acceptors (Lipinski definition) is 2. The largest absolute Gasteiger partial charge is 0.493 e. The predicted octanol–water partition coefficient (Wildman–Crippen LogP) is 4.55. The van der Waals surface area contributed by atoms with E-state index in [0.29, 0.717) is 0 Å². The van der Waals surface area contributed by atoms with Gasteiger partial charge in [0.1, 0.15) is 17.3 Å². The Bertz CT molecular complexity index is 601. The lowest BCUT2D eigenvalue weighted by Crippen LogP contribution is -2.09. The van der Waals surface area contributed by atoms with Crippen molar-refractivity contribution in [2.45, 2.75) is 32.1 Å². The molecule has 0 fully saturated rings. The molecule has 0 saturated carbocycles. The molecule has 2 heterocycles. The molecule has 2 nitrogen and oxygen atoms in total. The molecule has 0 aliphatic carbocycles. The van der Waals surface area contributed by atoms with Crippen LogP contribution in [-0.4, -0.2) is 6.61 Å². The Morgan fingerprint density at radius 1 is 1.21 bits per heavy atom. The topological polar surface area (TPSA) is 22.4 Å². The van der Waals surface area contributed by atoms with Gasteiger partial charge in [-0.3, -0.25) is 0 Å². The summed E-state index contributed by atoms with van der Waals surface area (Å²) in [5.41, 5.74) is 3.41. The molecule has 1 aromatic heterocycles. The zero-order valence-electron chi connectivity index (χ0n) is 11.2. The molecule has 1 aliphatic rings. The first-order chi connectivity index (χ1) is 9.15. The van der Waals surface area contributed by atoms with E-state index >= 15 is 0 Å². The fourth-order valence-electron chi connectivity index (χ4n) is 2.62. The van der Waals surface area contributed by atoms with E-state index in [2.05, 4.69) is 6.07 Å². The van der Waals surface area contributed by atoms with Gasteiger partial charge in [-0.15, -0.1) is 11.6 Å². The van der Waals surface area contributed by atoms with Crippen molar-refractivity contribution in [2.75, 3.05) is 6.61 Å². The van der Waals surface area contributed by atoms with Gasteiger partial charge < -0.3 is 9.15 Å². The first-order valence-electron chi connectivity index (χ1n) is 6.62. The van der Waals surface area contributed by atoms with Crippen LogP contribution in [0.15, 0.2) is 28.7 Å². The van der Waals surface area contributed by atoms with E-state index in [9.17, 15) is 0 Å². The van der Waals surface area contributed by atoms with E-state index in [1.807, 2.05) is 32.0 Å². The van der Waals surface area contributed by atoms with Crippen molar-refractivity contribution >= 4 is 11.6 Å². The molecule has 19 heavy (non-hydrogen) atoms. The van der Waals surface area contributed by atoms with Gasteiger partial charge in [0.2, 0.25) is 0 Å². The summed E-state index contributed by atoms with van der Waals surface area (Å²) in [5, 5.41) is -0.162. The average molecular weight is 277 g/mol. The first-order valence-corrected chi connectivity index (χ1v) is 7.05. The number of halogens is 1. The number of fused-ring (bicyclic) bond motifs is 1. The van der Waals surface area contributed by atoms with Crippen molar-refractivity contribution in [3.05, 3.63) is 52.5 Å². The molecule has 1 atom stereocenters. The second-order valence-corrected chi connectivity index (χ2v) is 5.49. The van der Waals surface area contributed by atoms with Crippen LogP contribution in [0.5, 0.6) is 5.75 Å². The Morgan fingerprint density at radius 2 is 2.05 bits per heavy atom. The number of aryl methyl sites for hydroxylation is 3. The number of rotatable bonds is 2. The van der Waals surface area contributed by atoms with E-state index < -0.39 is 0 Å². The minimum Gasteiger partial charge on any atom is -0.493 e. The number of hydrogen-bond donors (Lipinski definition) is 0. The third-order valence-electron chi connectivity index (χ3n) is 3.58. The zero-order chi connectivity index (χ0) is 13.4. The van der Waals surface area contributed by atoms with Crippen molar-refractivity contribution in [3.63, 3.8) is 0 Å². The summed E-state index contributed by atoms with van der Waals surface area (Å²) in [6.45, 7) is 4.72. The summed E-state index contributed by atoms with van der Waals surface area (Å²) in [7, 11) is 0. The van der Waals surface area contributed by atoms with Crippen molar-refractivity contribution in [1.29, 1.82) is 0 Å². The van der Waals surface area contributed by atoms with Crippen LogP contribution in [-0.2, 0) is 6.42 Å². The minimum absolute atomic E-state index is 0.162. The Kier molecular flexibility index (Phi) is 3.28. The van der Waals surface area contributed by atoms with Crippen LogP contribution in [0.1, 0.15) is 40.0 Å². The predicted molar refractivity (Wildman–Crippen MR) is 76.1 cm³/mol. The molecule has 1 aromatic carbocycles. The summed E-state index contributed by atoms with van der Waals surface area (Å²) in [6, 6.07) is 8.25. The lowest BCUT2D eigenvalue weighted by Gasteiger charge is -2.19. The molecule has 0 bridgehead atoms. The lowest BCUT2D eigenvalue weighted by atomic mass is 9.99. The van der Waals surface area contributed by atoms with Gasteiger partial charge >= 0.3 is 0 Å². The highest BCUT2D eigenvalue weighted by Crippen LogP contribution is 2.36. The summed E-state index contributed by atoms with van der Waals surface area (Å²) in [4.78, 5) is 0. The molecule has 3 heteroatoms. The Labute approximate surface area is 118 Å². The molecule has 0 N–H and O–H groups in total. The van der Waals surface area contributed by atoms with Gasteiger partial charge in [-0.1, -0.05) is 12.1 Å². The highest BCUT2D eigenvalue weighted by Gasteiger charge is 2.19. The third-order valence-corrected chi connectivity index (χ3v) is 4.06. The molecule has 0 saturated heterocycles. The summed E-state index contributed by atoms with van der Waals surface area (Å²) in [5.74, 6) is 2.80. The molecular weight excluding hydrogens is 260 g/mol. The Hall–Kier alpha value is -1.41. The number of furan rings is 1. The molecular formula is C16H17ClO2. The number of benzene rings is 1. The zero-order valence-corrected chi connectivity index (χ0v) is 12.0. The normalized spacial score (nSPS) is 15.7. The number of ether oxygens (including phenoxy) is 1. The molecule has 3 rings (SSSR count). The van der Waals surface area contributed by atoms with Gasteiger partial charge in [0.25, 0.3) is 0 Å². The monoisotopic (exact) mass is 276 g/mol. The van der Waals surface area contributed by atoms with E-state index in [0.717, 1.165) is 47.8 Å². The molecule has 0 amide bonds. The second-order valence-electron chi connectivity index (χ2n) is 5.05. The van der Waals surface area contributed by atoms with Crippen LogP contribution in [0.3, 0.4) is 0 Å². The van der Waals surface area contributed by atoms with Gasteiger partial charge in [-0.05, 0) is 49.9 Å². The number of alkyl halides is 1. The van der Waals surface area contributed by atoms with Crippen molar-refractivity contribution < 1.29 is 9.15 Å². The smallest absolute Gasteiger partial charge is 0.122 e. The molecule has 0 radical (unpaired) electrons.